The molecular formula is C9H13BrN2OS. The molecule has 1 aromatic rings. The Morgan fingerprint density at radius 2 is 2.64 bits per heavy atom. The summed E-state index contributed by atoms with van der Waals surface area (Å²) in [6.07, 6.45) is 1.18. The average molecular weight is 277 g/mol. The van der Waals surface area contributed by atoms with Crippen molar-refractivity contribution >= 4 is 27.3 Å². The zero-order chi connectivity index (χ0) is 10.0. The number of aromatic nitrogens is 1. The zero-order valence-corrected chi connectivity index (χ0v) is 10.4. The molecule has 0 aromatic carbocycles. The lowest BCUT2D eigenvalue weighted by molar-refractivity contribution is 0.180. The molecular weight excluding hydrogens is 264 g/mol. The molecule has 0 bridgehead atoms. The summed E-state index contributed by atoms with van der Waals surface area (Å²) in [5.41, 5.74) is 0.276. The molecule has 2 rings (SSSR count). The molecule has 2 heterocycles. The summed E-state index contributed by atoms with van der Waals surface area (Å²) in [6, 6.07) is 0. The predicted molar refractivity (Wildman–Crippen MR) is 60.9 cm³/mol. The van der Waals surface area contributed by atoms with Crippen molar-refractivity contribution in [2.75, 3.05) is 19.7 Å². The molecule has 14 heavy (non-hydrogen) atoms. The minimum atomic E-state index is 0.276. The predicted octanol–water partition coefficient (Wildman–Crippen LogP) is 2.28. The van der Waals surface area contributed by atoms with E-state index in [9.17, 15) is 0 Å². The van der Waals surface area contributed by atoms with Crippen molar-refractivity contribution in [1.29, 1.82) is 0 Å². The number of ether oxygens (including phenoxy) is 1. The normalized spacial score (nSPS) is 26.7. The van der Waals surface area contributed by atoms with E-state index in [1.807, 2.05) is 5.38 Å². The first-order valence-electron chi connectivity index (χ1n) is 4.63. The topological polar surface area (TPSA) is 34.1 Å². The van der Waals surface area contributed by atoms with Crippen LogP contribution in [0.25, 0.3) is 0 Å². The van der Waals surface area contributed by atoms with Crippen LogP contribution in [0.5, 0.6) is 5.19 Å². The molecule has 0 saturated carbocycles. The maximum atomic E-state index is 5.65. The van der Waals surface area contributed by atoms with E-state index in [-0.39, 0.29) is 5.41 Å². The molecule has 1 aliphatic heterocycles. The van der Waals surface area contributed by atoms with Gasteiger partial charge in [-0.05, 0) is 28.9 Å². The molecule has 1 fully saturated rings. The van der Waals surface area contributed by atoms with E-state index in [1.54, 1.807) is 0 Å². The highest BCUT2D eigenvalue weighted by atomic mass is 79.9. The fourth-order valence-corrected chi connectivity index (χ4v) is 2.62. The second-order valence-corrected chi connectivity index (χ2v) is 5.60. The third kappa shape index (κ3) is 2.46. The van der Waals surface area contributed by atoms with E-state index in [1.165, 1.54) is 17.8 Å². The molecule has 3 nitrogen and oxygen atoms in total. The molecule has 0 radical (unpaired) electrons. The van der Waals surface area contributed by atoms with Gasteiger partial charge < -0.3 is 10.1 Å². The summed E-state index contributed by atoms with van der Waals surface area (Å²) in [5.74, 6) is 0. The van der Waals surface area contributed by atoms with E-state index in [4.69, 9.17) is 4.74 Å². The number of rotatable bonds is 3. The first-order valence-corrected chi connectivity index (χ1v) is 6.30. The Labute approximate surface area is 96.0 Å². The van der Waals surface area contributed by atoms with Crippen molar-refractivity contribution in [1.82, 2.24) is 10.3 Å². The maximum Gasteiger partial charge on any atom is 0.274 e. The van der Waals surface area contributed by atoms with Crippen molar-refractivity contribution in [2.24, 2.45) is 5.41 Å². The highest BCUT2D eigenvalue weighted by molar-refractivity contribution is 9.10. The standard InChI is InChI=1S/C9H13BrN2OS/c1-9(2-3-11-5-9)6-13-8-12-7(10)4-14-8/h4,11H,2-3,5-6H2,1H3. The van der Waals surface area contributed by atoms with Gasteiger partial charge in [0.05, 0.1) is 6.61 Å². The van der Waals surface area contributed by atoms with Crippen LogP contribution in [0, 0.1) is 5.41 Å². The number of halogens is 1. The lowest BCUT2D eigenvalue weighted by Crippen LogP contribution is -2.27. The Hall–Kier alpha value is -0.130. The van der Waals surface area contributed by atoms with E-state index in [2.05, 4.69) is 33.2 Å². The molecule has 1 aromatic heterocycles. The summed E-state index contributed by atoms with van der Waals surface area (Å²) in [6.45, 7) is 5.14. The van der Waals surface area contributed by atoms with Gasteiger partial charge in [0.2, 0.25) is 0 Å². The van der Waals surface area contributed by atoms with Crippen LogP contribution in [0.1, 0.15) is 13.3 Å². The van der Waals surface area contributed by atoms with E-state index >= 15 is 0 Å². The lowest BCUT2D eigenvalue weighted by Gasteiger charge is -2.21. The molecule has 1 unspecified atom stereocenters. The first kappa shape index (κ1) is 10.4. The number of nitrogens with zero attached hydrogens (tertiary/aromatic N) is 1. The van der Waals surface area contributed by atoms with Crippen LogP contribution >= 0.6 is 27.3 Å². The molecule has 0 amide bonds. The third-order valence-corrected chi connectivity index (χ3v) is 3.92. The van der Waals surface area contributed by atoms with Crippen LogP contribution in [0.3, 0.4) is 0 Å². The van der Waals surface area contributed by atoms with E-state index in [0.717, 1.165) is 29.5 Å². The van der Waals surface area contributed by atoms with Gasteiger partial charge >= 0.3 is 0 Å². The van der Waals surface area contributed by atoms with Crippen molar-refractivity contribution in [3.8, 4) is 5.19 Å². The molecule has 1 saturated heterocycles. The second-order valence-electron chi connectivity index (χ2n) is 3.96. The largest absolute Gasteiger partial charge is 0.469 e. The number of thiazole rings is 1. The average Bonchev–Trinajstić information content (AvgIpc) is 2.73. The summed E-state index contributed by atoms with van der Waals surface area (Å²) in [5, 5.41) is 6.04. The third-order valence-electron chi connectivity index (χ3n) is 2.46. The minimum Gasteiger partial charge on any atom is -0.469 e. The van der Waals surface area contributed by atoms with Gasteiger partial charge in [-0.15, -0.1) is 0 Å². The first-order chi connectivity index (χ1) is 6.68. The number of nitrogens with one attached hydrogen (secondary N) is 1. The van der Waals surface area contributed by atoms with Gasteiger partial charge in [0.15, 0.2) is 0 Å². The molecule has 0 aliphatic carbocycles. The molecule has 1 aliphatic rings. The SMILES string of the molecule is CC1(COc2nc(Br)cs2)CCNC1. The van der Waals surface area contributed by atoms with Crippen molar-refractivity contribution < 1.29 is 4.74 Å². The van der Waals surface area contributed by atoms with Crippen LogP contribution in [0.2, 0.25) is 0 Å². The molecule has 78 valence electrons. The van der Waals surface area contributed by atoms with Crippen molar-refractivity contribution in [3.05, 3.63) is 9.98 Å². The van der Waals surface area contributed by atoms with Crippen LogP contribution < -0.4 is 10.1 Å². The Balaban J connectivity index is 1.87. The second kappa shape index (κ2) is 4.16. The Bertz CT molecular complexity index is 310. The Kier molecular flexibility index (Phi) is 3.09. The van der Waals surface area contributed by atoms with Crippen LogP contribution in [0.4, 0.5) is 0 Å². The molecule has 0 spiro atoms. The zero-order valence-electron chi connectivity index (χ0n) is 8.05. The smallest absolute Gasteiger partial charge is 0.274 e. The highest BCUT2D eigenvalue weighted by Crippen LogP contribution is 2.28. The summed E-state index contributed by atoms with van der Waals surface area (Å²) in [7, 11) is 0. The Morgan fingerprint density at radius 1 is 1.79 bits per heavy atom. The number of hydrogen-bond acceptors (Lipinski definition) is 4. The fourth-order valence-electron chi connectivity index (χ4n) is 1.53. The van der Waals surface area contributed by atoms with Gasteiger partial charge in [-0.3, -0.25) is 0 Å². The lowest BCUT2D eigenvalue weighted by atomic mass is 9.91. The van der Waals surface area contributed by atoms with Crippen LogP contribution in [-0.4, -0.2) is 24.7 Å². The summed E-state index contributed by atoms with van der Waals surface area (Å²) < 4.78 is 6.51. The highest BCUT2D eigenvalue weighted by Gasteiger charge is 2.29. The van der Waals surface area contributed by atoms with E-state index < -0.39 is 0 Å². The van der Waals surface area contributed by atoms with Gasteiger partial charge in [0, 0.05) is 17.3 Å². The van der Waals surface area contributed by atoms with Gasteiger partial charge in [0.25, 0.3) is 5.19 Å². The monoisotopic (exact) mass is 276 g/mol. The van der Waals surface area contributed by atoms with Crippen LogP contribution in [0.15, 0.2) is 9.98 Å². The summed E-state index contributed by atoms with van der Waals surface area (Å²) in [4.78, 5) is 4.20. The van der Waals surface area contributed by atoms with Gasteiger partial charge in [0.1, 0.15) is 4.60 Å². The summed E-state index contributed by atoms with van der Waals surface area (Å²) >= 11 is 4.84. The molecule has 1 atom stereocenters. The fraction of sp³-hybridized carbons (Fsp3) is 0.667. The van der Waals surface area contributed by atoms with Crippen molar-refractivity contribution in [3.63, 3.8) is 0 Å². The molecule has 5 heteroatoms. The van der Waals surface area contributed by atoms with Gasteiger partial charge in [-0.1, -0.05) is 18.3 Å². The van der Waals surface area contributed by atoms with Gasteiger partial charge in [-0.2, -0.15) is 4.98 Å². The van der Waals surface area contributed by atoms with Crippen molar-refractivity contribution in [2.45, 2.75) is 13.3 Å². The van der Waals surface area contributed by atoms with E-state index in [0.29, 0.717) is 0 Å². The Morgan fingerprint density at radius 3 is 3.21 bits per heavy atom. The van der Waals surface area contributed by atoms with Gasteiger partial charge in [-0.25, -0.2) is 0 Å². The number of hydrogen-bond donors (Lipinski definition) is 1. The van der Waals surface area contributed by atoms with Crippen LogP contribution in [-0.2, 0) is 0 Å². The quantitative estimate of drug-likeness (QED) is 0.920. The maximum absolute atomic E-state index is 5.65. The molecule has 1 N–H and O–H groups in total. The minimum absolute atomic E-state index is 0.276.